The lowest BCUT2D eigenvalue weighted by atomic mass is 10.3. The van der Waals surface area contributed by atoms with Crippen molar-refractivity contribution in [2.45, 2.75) is 32.5 Å². The van der Waals surface area contributed by atoms with Gasteiger partial charge in [0.05, 0.1) is 19.2 Å². The number of nitrogens with one attached hydrogen (secondary N) is 1. The lowest BCUT2D eigenvalue weighted by Gasteiger charge is -2.13. The second kappa shape index (κ2) is 6.19. The van der Waals surface area contributed by atoms with Crippen molar-refractivity contribution in [1.29, 1.82) is 0 Å². The summed E-state index contributed by atoms with van der Waals surface area (Å²) in [5, 5.41) is 3.26. The highest BCUT2D eigenvalue weighted by atomic mass is 16.5. The van der Waals surface area contributed by atoms with E-state index in [2.05, 4.69) is 29.3 Å². The Morgan fingerprint density at radius 2 is 2.29 bits per heavy atom. The van der Waals surface area contributed by atoms with E-state index in [9.17, 15) is 0 Å². The minimum absolute atomic E-state index is 0.395. The van der Waals surface area contributed by atoms with E-state index in [-0.39, 0.29) is 0 Å². The van der Waals surface area contributed by atoms with Gasteiger partial charge in [-0.15, -0.1) is 0 Å². The van der Waals surface area contributed by atoms with Gasteiger partial charge in [0.25, 0.3) is 0 Å². The van der Waals surface area contributed by atoms with Crippen LogP contribution in [0.5, 0.6) is 0 Å². The topological polar surface area (TPSA) is 37.6 Å². The zero-order chi connectivity index (χ0) is 12.1. The fraction of sp³-hybridized carbons (Fsp3) is 0.692. The molecule has 0 spiro atoms. The summed E-state index contributed by atoms with van der Waals surface area (Å²) < 4.78 is 11.1. The van der Waals surface area contributed by atoms with Crippen molar-refractivity contribution in [2.24, 2.45) is 0 Å². The summed E-state index contributed by atoms with van der Waals surface area (Å²) in [5.41, 5.74) is 0. The predicted molar refractivity (Wildman–Crippen MR) is 66.8 cm³/mol. The molecular formula is C13H22N2O2. The van der Waals surface area contributed by atoms with Crippen LogP contribution in [0.1, 0.15) is 24.9 Å². The van der Waals surface area contributed by atoms with Gasteiger partial charge < -0.3 is 14.5 Å². The number of rotatable bonds is 6. The molecule has 4 heteroatoms. The third kappa shape index (κ3) is 3.56. The highest BCUT2D eigenvalue weighted by Crippen LogP contribution is 2.16. The number of likely N-dealkylation sites (tertiary alicyclic amines) is 1. The van der Waals surface area contributed by atoms with Crippen LogP contribution >= 0.6 is 0 Å². The van der Waals surface area contributed by atoms with E-state index in [1.165, 1.54) is 0 Å². The molecule has 1 atom stereocenters. The Balaban J connectivity index is 1.80. The second-order valence-electron chi connectivity index (χ2n) is 4.53. The van der Waals surface area contributed by atoms with Gasteiger partial charge in [0.15, 0.2) is 0 Å². The van der Waals surface area contributed by atoms with Crippen molar-refractivity contribution < 1.29 is 9.15 Å². The molecular weight excluding hydrogens is 216 g/mol. The average molecular weight is 238 g/mol. The number of furan rings is 1. The number of hydrogen-bond acceptors (Lipinski definition) is 4. The van der Waals surface area contributed by atoms with Crippen molar-refractivity contribution >= 4 is 0 Å². The lowest BCUT2D eigenvalue weighted by molar-refractivity contribution is 0.106. The molecule has 1 aromatic heterocycles. The van der Waals surface area contributed by atoms with Gasteiger partial charge in [0.1, 0.15) is 11.5 Å². The first-order chi connectivity index (χ1) is 8.31. The first-order valence-corrected chi connectivity index (χ1v) is 6.35. The maximum absolute atomic E-state index is 5.77. The first-order valence-electron chi connectivity index (χ1n) is 6.35. The standard InChI is InChI=1S/C13H22N2O2/c1-3-14-8-11-4-5-13(17-11)10-15-7-6-12(9-15)16-2/h4-5,12,14H,3,6-10H2,1-2H3. The number of nitrogens with zero attached hydrogens (tertiary/aromatic N) is 1. The van der Waals surface area contributed by atoms with Gasteiger partial charge in [-0.25, -0.2) is 0 Å². The number of hydrogen-bond donors (Lipinski definition) is 1. The van der Waals surface area contributed by atoms with E-state index in [1.54, 1.807) is 7.11 Å². The SMILES string of the molecule is CCNCc1ccc(CN2CCC(OC)C2)o1. The van der Waals surface area contributed by atoms with E-state index < -0.39 is 0 Å². The van der Waals surface area contributed by atoms with Crippen LogP contribution in [0.15, 0.2) is 16.5 Å². The van der Waals surface area contributed by atoms with Crippen molar-refractivity contribution in [2.75, 3.05) is 26.7 Å². The Morgan fingerprint density at radius 3 is 3.00 bits per heavy atom. The van der Waals surface area contributed by atoms with E-state index in [0.717, 1.165) is 50.7 Å². The molecule has 1 saturated heterocycles. The zero-order valence-corrected chi connectivity index (χ0v) is 10.7. The van der Waals surface area contributed by atoms with Gasteiger partial charge in [0, 0.05) is 20.2 Å². The molecule has 1 aliphatic heterocycles. The number of ether oxygens (including phenoxy) is 1. The van der Waals surface area contributed by atoms with Gasteiger partial charge in [-0.3, -0.25) is 4.90 Å². The normalized spacial score (nSPS) is 21.2. The Labute approximate surface area is 103 Å². The molecule has 0 aromatic carbocycles. The smallest absolute Gasteiger partial charge is 0.118 e. The summed E-state index contributed by atoms with van der Waals surface area (Å²) in [6.07, 6.45) is 1.52. The monoisotopic (exact) mass is 238 g/mol. The van der Waals surface area contributed by atoms with Crippen LogP contribution in [0.4, 0.5) is 0 Å². The minimum Gasteiger partial charge on any atom is -0.463 e. The molecule has 1 aromatic rings. The lowest BCUT2D eigenvalue weighted by Crippen LogP contribution is -2.22. The molecule has 17 heavy (non-hydrogen) atoms. The molecule has 4 nitrogen and oxygen atoms in total. The molecule has 0 aliphatic carbocycles. The van der Waals surface area contributed by atoms with Crippen molar-refractivity contribution in [1.82, 2.24) is 10.2 Å². The molecule has 2 heterocycles. The summed E-state index contributed by atoms with van der Waals surface area (Å²) >= 11 is 0. The molecule has 96 valence electrons. The molecule has 1 unspecified atom stereocenters. The highest BCUT2D eigenvalue weighted by molar-refractivity contribution is 5.07. The largest absolute Gasteiger partial charge is 0.463 e. The van der Waals surface area contributed by atoms with Crippen LogP contribution < -0.4 is 5.32 Å². The summed E-state index contributed by atoms with van der Waals surface area (Å²) in [6.45, 7) is 6.89. The predicted octanol–water partition coefficient (Wildman–Crippen LogP) is 1.61. The summed E-state index contributed by atoms with van der Waals surface area (Å²) in [6, 6.07) is 4.13. The summed E-state index contributed by atoms with van der Waals surface area (Å²) in [4.78, 5) is 2.38. The maximum Gasteiger partial charge on any atom is 0.118 e. The second-order valence-corrected chi connectivity index (χ2v) is 4.53. The molecule has 2 rings (SSSR count). The van der Waals surface area contributed by atoms with E-state index >= 15 is 0 Å². The third-order valence-corrected chi connectivity index (χ3v) is 3.21. The zero-order valence-electron chi connectivity index (χ0n) is 10.7. The van der Waals surface area contributed by atoms with Crippen LogP contribution in [0.2, 0.25) is 0 Å². The molecule has 0 bridgehead atoms. The fourth-order valence-corrected chi connectivity index (χ4v) is 2.20. The van der Waals surface area contributed by atoms with Crippen molar-refractivity contribution in [3.05, 3.63) is 23.7 Å². The van der Waals surface area contributed by atoms with Gasteiger partial charge >= 0.3 is 0 Å². The first kappa shape index (κ1) is 12.6. The van der Waals surface area contributed by atoms with Crippen LogP contribution in [0, 0.1) is 0 Å². The van der Waals surface area contributed by atoms with E-state index in [4.69, 9.17) is 9.15 Å². The van der Waals surface area contributed by atoms with Crippen molar-refractivity contribution in [3.8, 4) is 0 Å². The van der Waals surface area contributed by atoms with Gasteiger partial charge in [-0.1, -0.05) is 6.92 Å². The molecule has 1 aliphatic rings. The minimum atomic E-state index is 0.395. The fourth-order valence-electron chi connectivity index (χ4n) is 2.20. The third-order valence-electron chi connectivity index (χ3n) is 3.21. The van der Waals surface area contributed by atoms with Crippen molar-refractivity contribution in [3.63, 3.8) is 0 Å². The van der Waals surface area contributed by atoms with Gasteiger partial charge in [0.2, 0.25) is 0 Å². The van der Waals surface area contributed by atoms with Crippen LogP contribution in [-0.4, -0.2) is 37.7 Å². The molecule has 0 saturated carbocycles. The van der Waals surface area contributed by atoms with Gasteiger partial charge in [-0.05, 0) is 25.1 Å². The Hall–Kier alpha value is -0.840. The van der Waals surface area contributed by atoms with Crippen LogP contribution in [0.25, 0.3) is 0 Å². The Kier molecular flexibility index (Phi) is 4.59. The van der Waals surface area contributed by atoms with Crippen LogP contribution in [0.3, 0.4) is 0 Å². The Morgan fingerprint density at radius 1 is 1.47 bits per heavy atom. The Bertz CT molecular complexity index is 338. The van der Waals surface area contributed by atoms with Crippen LogP contribution in [-0.2, 0) is 17.8 Å². The number of methoxy groups -OCH3 is 1. The van der Waals surface area contributed by atoms with E-state index in [0.29, 0.717) is 6.10 Å². The molecule has 1 N–H and O–H groups in total. The average Bonchev–Trinajstić information content (AvgIpc) is 2.96. The molecule has 0 radical (unpaired) electrons. The highest BCUT2D eigenvalue weighted by Gasteiger charge is 2.22. The maximum atomic E-state index is 5.77. The summed E-state index contributed by atoms with van der Waals surface area (Å²) in [7, 11) is 1.79. The quantitative estimate of drug-likeness (QED) is 0.817. The molecule has 1 fully saturated rings. The molecule has 0 amide bonds. The van der Waals surface area contributed by atoms with Gasteiger partial charge in [-0.2, -0.15) is 0 Å². The summed E-state index contributed by atoms with van der Waals surface area (Å²) in [5.74, 6) is 2.07. The van der Waals surface area contributed by atoms with E-state index in [1.807, 2.05) is 0 Å².